The third kappa shape index (κ3) is 2.98. The number of ether oxygens (including phenoxy) is 1. The zero-order valence-corrected chi connectivity index (χ0v) is 13.0. The van der Waals surface area contributed by atoms with E-state index < -0.39 is 31.4 Å². The maximum absolute atomic E-state index is 14.3. The highest BCUT2D eigenvalue weighted by atomic mass is 31.2. The van der Waals surface area contributed by atoms with E-state index in [9.17, 15) is 8.96 Å². The standard InChI is InChI=1S/C12H15FN5O4P/c1-12(22-6-23(19,20)21)3-7(2-8(12)13)18-5-17-9-10(14)15-4-16-11(9)18/h2,4-5,7H,3,6H2,1H3,(H2,14,15,16)(H2,19,20,21)/t7?,12-/m0/s1. The van der Waals surface area contributed by atoms with Gasteiger partial charge in [-0.15, -0.1) is 0 Å². The summed E-state index contributed by atoms with van der Waals surface area (Å²) in [4.78, 5) is 29.8. The van der Waals surface area contributed by atoms with Crippen LogP contribution in [-0.4, -0.2) is 41.3 Å². The van der Waals surface area contributed by atoms with Crippen LogP contribution in [0.5, 0.6) is 0 Å². The normalized spacial score (nSPS) is 25.0. The van der Waals surface area contributed by atoms with Gasteiger partial charge in [0.2, 0.25) is 0 Å². The number of allylic oxidation sites excluding steroid dienone is 1. The summed E-state index contributed by atoms with van der Waals surface area (Å²) in [5.41, 5.74) is 5.16. The maximum Gasteiger partial charge on any atom is 0.351 e. The molecule has 2 atom stereocenters. The summed E-state index contributed by atoms with van der Waals surface area (Å²) in [6.07, 6.45) is 3.37. The van der Waals surface area contributed by atoms with Gasteiger partial charge in [0.15, 0.2) is 11.5 Å². The van der Waals surface area contributed by atoms with E-state index in [-0.39, 0.29) is 12.2 Å². The monoisotopic (exact) mass is 343 g/mol. The molecule has 0 amide bonds. The molecule has 1 unspecified atom stereocenters. The van der Waals surface area contributed by atoms with Gasteiger partial charge >= 0.3 is 7.60 Å². The van der Waals surface area contributed by atoms with Crippen molar-refractivity contribution in [3.05, 3.63) is 24.6 Å². The Morgan fingerprint density at radius 1 is 1.52 bits per heavy atom. The minimum absolute atomic E-state index is 0.147. The van der Waals surface area contributed by atoms with Gasteiger partial charge < -0.3 is 24.8 Å². The van der Waals surface area contributed by atoms with Crippen molar-refractivity contribution in [2.24, 2.45) is 0 Å². The Kier molecular flexibility index (Phi) is 3.72. The first-order valence-corrected chi connectivity index (χ1v) is 8.49. The second kappa shape index (κ2) is 5.34. The fraction of sp³-hybridized carbons (Fsp3) is 0.417. The molecule has 4 N–H and O–H groups in total. The van der Waals surface area contributed by atoms with Crippen LogP contribution >= 0.6 is 7.60 Å². The average Bonchev–Trinajstić information content (AvgIpc) is 3.00. The fourth-order valence-electron chi connectivity index (χ4n) is 2.55. The Balaban J connectivity index is 1.88. The molecule has 0 aliphatic heterocycles. The summed E-state index contributed by atoms with van der Waals surface area (Å²) in [5, 5.41) is 0. The minimum Gasteiger partial charge on any atom is -0.382 e. The van der Waals surface area contributed by atoms with Crippen LogP contribution in [0.1, 0.15) is 19.4 Å². The van der Waals surface area contributed by atoms with Crippen LogP contribution in [-0.2, 0) is 9.30 Å². The van der Waals surface area contributed by atoms with Crippen LogP contribution < -0.4 is 5.73 Å². The summed E-state index contributed by atoms with van der Waals surface area (Å²) in [6.45, 7) is 1.44. The van der Waals surface area contributed by atoms with Gasteiger partial charge in [0.05, 0.1) is 12.4 Å². The summed E-state index contributed by atoms with van der Waals surface area (Å²) < 4.78 is 32.0. The van der Waals surface area contributed by atoms with Gasteiger partial charge in [-0.1, -0.05) is 0 Å². The average molecular weight is 343 g/mol. The number of imidazole rings is 1. The summed E-state index contributed by atoms with van der Waals surface area (Å²) >= 11 is 0. The molecule has 3 rings (SSSR count). The largest absolute Gasteiger partial charge is 0.382 e. The molecule has 1 aliphatic rings. The highest BCUT2D eigenvalue weighted by molar-refractivity contribution is 7.51. The molecule has 11 heteroatoms. The molecule has 0 saturated carbocycles. The van der Waals surface area contributed by atoms with Crippen LogP contribution in [0.4, 0.5) is 10.2 Å². The highest BCUT2D eigenvalue weighted by Crippen LogP contribution is 2.44. The van der Waals surface area contributed by atoms with Gasteiger partial charge in [-0.05, 0) is 13.0 Å². The number of nitrogens with two attached hydrogens (primary N) is 1. The number of anilines is 1. The number of nitrogens with zero attached hydrogens (tertiary/aromatic N) is 4. The Morgan fingerprint density at radius 2 is 2.26 bits per heavy atom. The smallest absolute Gasteiger partial charge is 0.351 e. The Hall–Kier alpha value is -1.87. The van der Waals surface area contributed by atoms with E-state index in [4.69, 9.17) is 20.3 Å². The molecule has 9 nitrogen and oxygen atoms in total. The van der Waals surface area contributed by atoms with Crippen molar-refractivity contribution in [2.45, 2.75) is 25.0 Å². The van der Waals surface area contributed by atoms with Crippen molar-refractivity contribution in [3.8, 4) is 0 Å². The zero-order chi connectivity index (χ0) is 16.8. The number of halogens is 1. The van der Waals surface area contributed by atoms with Gasteiger partial charge in [-0.2, -0.15) is 0 Å². The molecule has 23 heavy (non-hydrogen) atoms. The van der Waals surface area contributed by atoms with Crippen molar-refractivity contribution in [2.75, 3.05) is 12.1 Å². The molecule has 124 valence electrons. The molecule has 2 aromatic rings. The second-order valence-electron chi connectivity index (χ2n) is 5.54. The summed E-state index contributed by atoms with van der Waals surface area (Å²) in [6, 6.07) is -0.462. The van der Waals surface area contributed by atoms with Gasteiger partial charge in [-0.3, -0.25) is 4.57 Å². The maximum atomic E-state index is 14.3. The zero-order valence-electron chi connectivity index (χ0n) is 12.1. The molecular formula is C12H15FN5O4P. The van der Waals surface area contributed by atoms with Crippen LogP contribution in [0.3, 0.4) is 0 Å². The molecule has 0 saturated heterocycles. The topological polar surface area (TPSA) is 136 Å². The van der Waals surface area contributed by atoms with Crippen molar-refractivity contribution in [1.29, 1.82) is 0 Å². The van der Waals surface area contributed by atoms with Crippen LogP contribution in [0.15, 0.2) is 24.6 Å². The number of hydrogen-bond donors (Lipinski definition) is 3. The Labute approximate surface area is 130 Å². The Morgan fingerprint density at radius 3 is 2.96 bits per heavy atom. The van der Waals surface area contributed by atoms with E-state index in [1.807, 2.05) is 0 Å². The fourth-order valence-corrected chi connectivity index (χ4v) is 3.00. The van der Waals surface area contributed by atoms with Crippen LogP contribution in [0.2, 0.25) is 0 Å². The van der Waals surface area contributed by atoms with E-state index >= 15 is 0 Å². The first-order valence-electron chi connectivity index (χ1n) is 6.69. The number of hydrogen-bond acceptors (Lipinski definition) is 6. The summed E-state index contributed by atoms with van der Waals surface area (Å²) in [5.74, 6) is -0.378. The lowest BCUT2D eigenvalue weighted by Gasteiger charge is -2.25. The second-order valence-corrected chi connectivity index (χ2v) is 7.13. The van der Waals surface area contributed by atoms with Gasteiger partial charge in [0.1, 0.15) is 29.6 Å². The number of fused-ring (bicyclic) bond motifs is 1. The first kappa shape index (κ1) is 16.0. The lowest BCUT2D eigenvalue weighted by atomic mass is 10.0. The molecule has 0 spiro atoms. The number of rotatable bonds is 4. The van der Waals surface area contributed by atoms with Gasteiger partial charge in [-0.25, -0.2) is 19.3 Å². The molecule has 0 fully saturated rings. The van der Waals surface area contributed by atoms with Crippen molar-refractivity contribution < 1.29 is 23.5 Å². The molecule has 0 aromatic carbocycles. The lowest BCUT2D eigenvalue weighted by Crippen LogP contribution is -2.28. The molecule has 2 heterocycles. The molecule has 1 aliphatic carbocycles. The summed E-state index contributed by atoms with van der Waals surface area (Å²) in [7, 11) is -4.39. The number of nitrogen functional groups attached to an aromatic ring is 1. The van der Waals surface area contributed by atoms with Crippen LogP contribution in [0.25, 0.3) is 11.2 Å². The predicted octanol–water partition coefficient (Wildman–Crippen LogP) is 1.12. The lowest BCUT2D eigenvalue weighted by molar-refractivity contribution is -0.00220. The first-order chi connectivity index (χ1) is 10.7. The van der Waals surface area contributed by atoms with Gasteiger partial charge in [0, 0.05) is 6.42 Å². The minimum atomic E-state index is -4.39. The molecule has 0 bridgehead atoms. The molecular weight excluding hydrogens is 328 g/mol. The highest BCUT2D eigenvalue weighted by Gasteiger charge is 2.41. The molecule has 2 aromatic heterocycles. The quantitative estimate of drug-likeness (QED) is 0.702. The van der Waals surface area contributed by atoms with E-state index in [2.05, 4.69) is 15.0 Å². The van der Waals surface area contributed by atoms with E-state index in [0.717, 1.165) is 0 Å². The molecule has 0 radical (unpaired) electrons. The Bertz CT molecular complexity index is 834. The van der Waals surface area contributed by atoms with E-state index in [1.165, 1.54) is 25.7 Å². The van der Waals surface area contributed by atoms with Crippen molar-refractivity contribution >= 4 is 24.6 Å². The van der Waals surface area contributed by atoms with E-state index in [0.29, 0.717) is 11.2 Å². The SMILES string of the molecule is C[C@]1(OCP(=O)(O)O)CC(n2cnc3c(N)ncnc32)C=C1F. The number of aromatic nitrogens is 4. The van der Waals surface area contributed by atoms with E-state index in [1.54, 1.807) is 4.57 Å². The predicted molar refractivity (Wildman–Crippen MR) is 79.0 cm³/mol. The third-order valence-electron chi connectivity index (χ3n) is 3.74. The van der Waals surface area contributed by atoms with Crippen LogP contribution in [0, 0.1) is 0 Å². The van der Waals surface area contributed by atoms with Crippen molar-refractivity contribution in [1.82, 2.24) is 19.5 Å². The van der Waals surface area contributed by atoms with Crippen molar-refractivity contribution in [3.63, 3.8) is 0 Å². The van der Waals surface area contributed by atoms with Gasteiger partial charge in [0.25, 0.3) is 0 Å². The third-order valence-corrected chi connectivity index (χ3v) is 4.20.